The maximum atomic E-state index is 12.5. The summed E-state index contributed by atoms with van der Waals surface area (Å²) in [5.41, 5.74) is 1.62. The van der Waals surface area contributed by atoms with Crippen molar-refractivity contribution in [2.45, 2.75) is 6.42 Å². The van der Waals surface area contributed by atoms with Crippen LogP contribution in [0.4, 0.5) is 4.79 Å². The standard InChI is InChI=1S/C22H22N2O5S/c1-28-17-8-6-15(7-9-17)13-19-21(26)24(22(27)30-19)11-10-23-20(25)14-16-4-3-5-18(12-16)29-2/h3-9,12-13H,10-11,14H2,1-2H3,(H,23,25)/b19-13+. The maximum absolute atomic E-state index is 12.5. The second-order valence-corrected chi connectivity index (χ2v) is 7.48. The normalized spacial score (nSPS) is 14.9. The third kappa shape index (κ3) is 5.42. The predicted octanol–water partition coefficient (Wildman–Crippen LogP) is 3.10. The molecule has 0 bridgehead atoms. The van der Waals surface area contributed by atoms with Crippen molar-refractivity contribution in [2.24, 2.45) is 0 Å². The second kappa shape index (κ2) is 9.98. The van der Waals surface area contributed by atoms with Gasteiger partial charge in [0.15, 0.2) is 0 Å². The molecule has 8 heteroatoms. The lowest BCUT2D eigenvalue weighted by Gasteiger charge is -2.13. The molecular weight excluding hydrogens is 404 g/mol. The number of hydrogen-bond acceptors (Lipinski definition) is 6. The van der Waals surface area contributed by atoms with Gasteiger partial charge in [-0.3, -0.25) is 19.3 Å². The van der Waals surface area contributed by atoms with Crippen molar-refractivity contribution >= 4 is 34.9 Å². The number of rotatable bonds is 8. The average Bonchev–Trinajstić information content (AvgIpc) is 3.01. The Hall–Kier alpha value is -3.26. The summed E-state index contributed by atoms with van der Waals surface area (Å²) in [6.45, 7) is 0.311. The SMILES string of the molecule is COc1ccc(/C=C2/SC(=O)N(CCNC(=O)Cc3cccc(OC)c3)C2=O)cc1. The van der Waals surface area contributed by atoms with Gasteiger partial charge < -0.3 is 14.8 Å². The van der Waals surface area contributed by atoms with E-state index in [1.54, 1.807) is 44.6 Å². The number of carbonyl (C=O) groups excluding carboxylic acids is 3. The van der Waals surface area contributed by atoms with Crippen LogP contribution in [0.15, 0.2) is 53.4 Å². The molecule has 0 saturated carbocycles. The summed E-state index contributed by atoms with van der Waals surface area (Å²) >= 11 is 0.893. The molecule has 1 saturated heterocycles. The molecule has 1 aliphatic heterocycles. The van der Waals surface area contributed by atoms with E-state index < -0.39 is 0 Å². The van der Waals surface area contributed by atoms with Gasteiger partial charge in [0.25, 0.3) is 11.1 Å². The smallest absolute Gasteiger partial charge is 0.293 e. The average molecular weight is 426 g/mol. The van der Waals surface area contributed by atoms with Gasteiger partial charge in [0.05, 0.1) is 25.5 Å². The predicted molar refractivity (Wildman–Crippen MR) is 115 cm³/mol. The summed E-state index contributed by atoms with van der Waals surface area (Å²) in [6.07, 6.45) is 1.86. The quantitative estimate of drug-likeness (QED) is 0.653. The fourth-order valence-electron chi connectivity index (χ4n) is 2.88. The number of nitrogens with one attached hydrogen (secondary N) is 1. The van der Waals surface area contributed by atoms with Crippen LogP contribution in [0.5, 0.6) is 11.5 Å². The largest absolute Gasteiger partial charge is 0.497 e. The van der Waals surface area contributed by atoms with Gasteiger partial charge in [0.1, 0.15) is 11.5 Å². The number of carbonyl (C=O) groups is 3. The Morgan fingerprint density at radius 1 is 1.07 bits per heavy atom. The highest BCUT2D eigenvalue weighted by Crippen LogP contribution is 2.32. The third-order valence-corrected chi connectivity index (χ3v) is 5.35. The van der Waals surface area contributed by atoms with Crippen LogP contribution >= 0.6 is 11.8 Å². The van der Waals surface area contributed by atoms with E-state index in [0.29, 0.717) is 16.4 Å². The highest BCUT2D eigenvalue weighted by molar-refractivity contribution is 8.18. The van der Waals surface area contributed by atoms with Gasteiger partial charge in [-0.15, -0.1) is 0 Å². The van der Waals surface area contributed by atoms with Gasteiger partial charge in [0, 0.05) is 13.1 Å². The molecule has 0 aromatic heterocycles. The van der Waals surface area contributed by atoms with E-state index in [-0.39, 0.29) is 36.6 Å². The zero-order valence-electron chi connectivity index (χ0n) is 16.7. The van der Waals surface area contributed by atoms with Gasteiger partial charge in [0.2, 0.25) is 5.91 Å². The molecule has 2 aromatic carbocycles. The second-order valence-electron chi connectivity index (χ2n) is 6.48. The number of nitrogens with zero attached hydrogens (tertiary/aromatic N) is 1. The van der Waals surface area contributed by atoms with Crippen LogP contribution in [0.3, 0.4) is 0 Å². The summed E-state index contributed by atoms with van der Waals surface area (Å²) in [5.74, 6) is 0.846. The molecule has 1 fully saturated rings. The van der Waals surface area contributed by atoms with Gasteiger partial charge >= 0.3 is 0 Å². The minimum Gasteiger partial charge on any atom is -0.497 e. The monoisotopic (exact) mass is 426 g/mol. The third-order valence-electron chi connectivity index (χ3n) is 4.44. The van der Waals surface area contributed by atoms with Crippen molar-refractivity contribution in [3.63, 3.8) is 0 Å². The number of hydrogen-bond donors (Lipinski definition) is 1. The van der Waals surface area contributed by atoms with Crippen molar-refractivity contribution in [3.8, 4) is 11.5 Å². The van der Waals surface area contributed by atoms with Crippen molar-refractivity contribution < 1.29 is 23.9 Å². The fraction of sp³-hybridized carbons (Fsp3) is 0.227. The minimum atomic E-state index is -0.358. The lowest BCUT2D eigenvalue weighted by Crippen LogP contribution is -2.37. The van der Waals surface area contributed by atoms with Crippen molar-refractivity contribution in [1.29, 1.82) is 0 Å². The topological polar surface area (TPSA) is 84.9 Å². The van der Waals surface area contributed by atoms with Crippen molar-refractivity contribution in [1.82, 2.24) is 10.2 Å². The molecule has 0 spiro atoms. The maximum Gasteiger partial charge on any atom is 0.293 e. The molecule has 1 aliphatic rings. The first-order valence-corrected chi connectivity index (χ1v) is 10.1. The fourth-order valence-corrected chi connectivity index (χ4v) is 3.75. The summed E-state index contributed by atoms with van der Waals surface area (Å²) in [4.78, 5) is 38.4. The first-order valence-electron chi connectivity index (χ1n) is 9.29. The van der Waals surface area contributed by atoms with Crippen LogP contribution in [0.1, 0.15) is 11.1 Å². The Bertz CT molecular complexity index is 972. The van der Waals surface area contributed by atoms with E-state index in [0.717, 1.165) is 27.8 Å². The number of imide groups is 1. The van der Waals surface area contributed by atoms with Gasteiger partial charge in [-0.1, -0.05) is 24.3 Å². The van der Waals surface area contributed by atoms with Crippen LogP contribution in [0, 0.1) is 0 Å². The van der Waals surface area contributed by atoms with Crippen LogP contribution in [0.25, 0.3) is 6.08 Å². The molecule has 2 aromatic rings. The zero-order chi connectivity index (χ0) is 21.5. The van der Waals surface area contributed by atoms with Crippen LogP contribution in [0.2, 0.25) is 0 Å². The molecule has 0 unspecified atom stereocenters. The van der Waals surface area contributed by atoms with E-state index in [2.05, 4.69) is 5.32 Å². The molecule has 3 amide bonds. The van der Waals surface area contributed by atoms with Crippen LogP contribution in [-0.2, 0) is 16.0 Å². The number of methoxy groups -OCH3 is 2. The molecule has 3 rings (SSSR count). The van der Waals surface area contributed by atoms with E-state index in [9.17, 15) is 14.4 Å². The highest BCUT2D eigenvalue weighted by Gasteiger charge is 2.34. The van der Waals surface area contributed by atoms with E-state index in [1.807, 2.05) is 24.3 Å². The Morgan fingerprint density at radius 2 is 1.80 bits per heavy atom. The Morgan fingerprint density at radius 3 is 2.50 bits per heavy atom. The number of ether oxygens (including phenoxy) is 2. The molecule has 0 atom stereocenters. The van der Waals surface area contributed by atoms with Crippen LogP contribution in [-0.4, -0.2) is 49.3 Å². The zero-order valence-corrected chi connectivity index (χ0v) is 17.5. The van der Waals surface area contributed by atoms with Gasteiger partial charge in [-0.25, -0.2) is 0 Å². The first kappa shape index (κ1) is 21.4. The van der Waals surface area contributed by atoms with Crippen LogP contribution < -0.4 is 14.8 Å². The highest BCUT2D eigenvalue weighted by atomic mass is 32.2. The molecule has 1 N–H and O–H groups in total. The Labute approximate surface area is 179 Å². The molecule has 156 valence electrons. The number of thioether (sulfide) groups is 1. The minimum absolute atomic E-state index is 0.120. The molecular formula is C22H22N2O5S. The van der Waals surface area contributed by atoms with E-state index >= 15 is 0 Å². The number of amides is 3. The lowest BCUT2D eigenvalue weighted by atomic mass is 10.1. The molecule has 1 heterocycles. The van der Waals surface area contributed by atoms with Gasteiger partial charge in [-0.2, -0.15) is 0 Å². The van der Waals surface area contributed by atoms with Crippen molar-refractivity contribution in [2.75, 3.05) is 27.3 Å². The molecule has 30 heavy (non-hydrogen) atoms. The molecule has 0 aliphatic carbocycles. The van der Waals surface area contributed by atoms with E-state index in [1.165, 1.54) is 0 Å². The summed E-state index contributed by atoms with van der Waals surface area (Å²) in [6, 6.07) is 14.4. The molecule has 7 nitrogen and oxygen atoms in total. The lowest BCUT2D eigenvalue weighted by molar-refractivity contribution is -0.124. The van der Waals surface area contributed by atoms with E-state index in [4.69, 9.17) is 9.47 Å². The summed E-state index contributed by atoms with van der Waals surface area (Å²) in [7, 11) is 3.15. The Kier molecular flexibility index (Phi) is 7.13. The van der Waals surface area contributed by atoms with Gasteiger partial charge in [-0.05, 0) is 53.2 Å². The molecule has 0 radical (unpaired) electrons. The first-order chi connectivity index (χ1) is 14.5. The van der Waals surface area contributed by atoms with Crippen molar-refractivity contribution in [3.05, 3.63) is 64.6 Å². The Balaban J connectivity index is 1.52. The number of benzene rings is 2. The summed E-state index contributed by atoms with van der Waals surface area (Å²) < 4.78 is 10.3. The summed E-state index contributed by atoms with van der Waals surface area (Å²) in [5, 5.41) is 2.40.